The van der Waals surface area contributed by atoms with Crippen molar-refractivity contribution >= 4 is 34.5 Å². The first-order valence-corrected chi connectivity index (χ1v) is 7.93. The van der Waals surface area contributed by atoms with E-state index in [0.29, 0.717) is 21.3 Å². The SMILES string of the molecule is Cc1nc(-c2ccccc2)c(C(=O)Nc2cccc(Cl)c2)s1. The topological polar surface area (TPSA) is 42.0 Å². The summed E-state index contributed by atoms with van der Waals surface area (Å²) in [6, 6.07) is 16.8. The molecule has 0 radical (unpaired) electrons. The molecule has 1 N–H and O–H groups in total. The van der Waals surface area contributed by atoms with Gasteiger partial charge in [0, 0.05) is 16.3 Å². The number of benzene rings is 2. The Labute approximate surface area is 137 Å². The van der Waals surface area contributed by atoms with Crippen LogP contribution in [0.3, 0.4) is 0 Å². The number of carbonyl (C=O) groups excluding carboxylic acids is 1. The van der Waals surface area contributed by atoms with Crippen molar-refractivity contribution < 1.29 is 4.79 Å². The van der Waals surface area contributed by atoms with E-state index in [0.717, 1.165) is 10.6 Å². The number of amides is 1. The van der Waals surface area contributed by atoms with Crippen LogP contribution >= 0.6 is 22.9 Å². The lowest BCUT2D eigenvalue weighted by atomic mass is 10.1. The number of nitrogens with zero attached hydrogens (tertiary/aromatic N) is 1. The van der Waals surface area contributed by atoms with Gasteiger partial charge in [0.1, 0.15) is 4.88 Å². The molecule has 0 unspecified atom stereocenters. The third kappa shape index (κ3) is 3.18. The second-order valence-electron chi connectivity index (χ2n) is 4.74. The molecule has 0 saturated heterocycles. The number of aromatic nitrogens is 1. The average Bonchev–Trinajstić information content (AvgIpc) is 2.90. The van der Waals surface area contributed by atoms with Gasteiger partial charge in [-0.05, 0) is 25.1 Å². The van der Waals surface area contributed by atoms with Crippen LogP contribution in [0.15, 0.2) is 54.6 Å². The number of nitrogens with one attached hydrogen (secondary N) is 1. The number of rotatable bonds is 3. The van der Waals surface area contributed by atoms with Crippen LogP contribution in [0.25, 0.3) is 11.3 Å². The largest absolute Gasteiger partial charge is 0.321 e. The van der Waals surface area contributed by atoms with E-state index in [-0.39, 0.29) is 5.91 Å². The van der Waals surface area contributed by atoms with Gasteiger partial charge in [-0.1, -0.05) is 48.0 Å². The minimum absolute atomic E-state index is 0.174. The molecule has 0 spiro atoms. The zero-order valence-corrected chi connectivity index (χ0v) is 13.4. The highest BCUT2D eigenvalue weighted by Crippen LogP contribution is 2.29. The van der Waals surface area contributed by atoms with Gasteiger partial charge < -0.3 is 5.32 Å². The van der Waals surface area contributed by atoms with Crippen LogP contribution in [0.1, 0.15) is 14.7 Å². The van der Waals surface area contributed by atoms with Crippen molar-refractivity contribution in [1.29, 1.82) is 0 Å². The number of thiazole rings is 1. The van der Waals surface area contributed by atoms with Crippen LogP contribution in [0, 0.1) is 6.92 Å². The van der Waals surface area contributed by atoms with Gasteiger partial charge in [-0.2, -0.15) is 0 Å². The fourth-order valence-corrected chi connectivity index (χ4v) is 3.15. The molecule has 0 atom stereocenters. The molecule has 1 heterocycles. The normalized spacial score (nSPS) is 10.5. The first-order chi connectivity index (χ1) is 10.6. The van der Waals surface area contributed by atoms with Crippen molar-refractivity contribution in [2.45, 2.75) is 6.92 Å². The second-order valence-corrected chi connectivity index (χ2v) is 6.38. The first kappa shape index (κ1) is 14.8. The number of aryl methyl sites for hydroxylation is 1. The fraction of sp³-hybridized carbons (Fsp3) is 0.0588. The van der Waals surface area contributed by atoms with Crippen LogP contribution in [0.5, 0.6) is 0 Å². The monoisotopic (exact) mass is 328 g/mol. The second kappa shape index (κ2) is 6.30. The van der Waals surface area contributed by atoms with Gasteiger partial charge in [-0.3, -0.25) is 4.79 Å². The van der Waals surface area contributed by atoms with Crippen LogP contribution in [0.4, 0.5) is 5.69 Å². The van der Waals surface area contributed by atoms with Crippen molar-refractivity contribution in [1.82, 2.24) is 4.98 Å². The third-order valence-electron chi connectivity index (χ3n) is 3.07. The quantitative estimate of drug-likeness (QED) is 0.733. The van der Waals surface area contributed by atoms with Gasteiger partial charge in [0.2, 0.25) is 0 Å². The van der Waals surface area contributed by atoms with E-state index in [1.807, 2.05) is 37.3 Å². The molecule has 2 aromatic carbocycles. The summed E-state index contributed by atoms with van der Waals surface area (Å²) in [7, 11) is 0. The highest BCUT2D eigenvalue weighted by Gasteiger charge is 2.18. The van der Waals surface area contributed by atoms with Crippen molar-refractivity contribution in [2.24, 2.45) is 0 Å². The minimum Gasteiger partial charge on any atom is -0.321 e. The van der Waals surface area contributed by atoms with E-state index >= 15 is 0 Å². The molecule has 3 rings (SSSR count). The molecular formula is C17H13ClN2OS. The molecule has 110 valence electrons. The Balaban J connectivity index is 1.93. The molecule has 1 amide bonds. The van der Waals surface area contributed by atoms with Crippen LogP contribution in [0.2, 0.25) is 5.02 Å². The molecular weight excluding hydrogens is 316 g/mol. The molecule has 0 saturated carbocycles. The van der Waals surface area contributed by atoms with Crippen LogP contribution < -0.4 is 5.32 Å². The first-order valence-electron chi connectivity index (χ1n) is 6.73. The molecule has 5 heteroatoms. The molecule has 22 heavy (non-hydrogen) atoms. The molecule has 1 aromatic heterocycles. The maximum Gasteiger partial charge on any atom is 0.268 e. The van der Waals surface area contributed by atoms with Gasteiger partial charge >= 0.3 is 0 Å². The Morgan fingerprint density at radius 1 is 1.14 bits per heavy atom. The summed E-state index contributed by atoms with van der Waals surface area (Å²) in [5.41, 5.74) is 2.31. The summed E-state index contributed by atoms with van der Waals surface area (Å²) in [4.78, 5) is 17.6. The molecule has 0 aliphatic heterocycles. The highest BCUT2D eigenvalue weighted by molar-refractivity contribution is 7.14. The lowest BCUT2D eigenvalue weighted by Crippen LogP contribution is -2.11. The lowest BCUT2D eigenvalue weighted by molar-refractivity contribution is 0.103. The van der Waals surface area contributed by atoms with E-state index < -0.39 is 0 Å². The maximum absolute atomic E-state index is 12.5. The number of carbonyl (C=O) groups is 1. The van der Waals surface area contributed by atoms with E-state index in [1.54, 1.807) is 24.3 Å². The molecule has 3 aromatic rings. The lowest BCUT2D eigenvalue weighted by Gasteiger charge is -2.05. The van der Waals surface area contributed by atoms with Gasteiger partial charge in [-0.15, -0.1) is 11.3 Å². The van der Waals surface area contributed by atoms with E-state index in [1.165, 1.54) is 11.3 Å². The summed E-state index contributed by atoms with van der Waals surface area (Å²) < 4.78 is 0. The zero-order chi connectivity index (χ0) is 15.5. The van der Waals surface area contributed by atoms with Crippen LogP contribution in [-0.2, 0) is 0 Å². The van der Waals surface area contributed by atoms with Crippen molar-refractivity contribution in [3.05, 3.63) is 69.5 Å². The van der Waals surface area contributed by atoms with E-state index in [9.17, 15) is 4.79 Å². The summed E-state index contributed by atoms with van der Waals surface area (Å²) in [6.07, 6.45) is 0. The Morgan fingerprint density at radius 3 is 2.64 bits per heavy atom. The predicted octanol–water partition coefficient (Wildman–Crippen LogP) is 5.02. The van der Waals surface area contributed by atoms with Crippen LogP contribution in [-0.4, -0.2) is 10.9 Å². The molecule has 3 nitrogen and oxygen atoms in total. The van der Waals surface area contributed by atoms with Crippen molar-refractivity contribution in [3.63, 3.8) is 0 Å². The van der Waals surface area contributed by atoms with Gasteiger partial charge in [-0.25, -0.2) is 4.98 Å². The Morgan fingerprint density at radius 2 is 1.91 bits per heavy atom. The summed E-state index contributed by atoms with van der Waals surface area (Å²) in [5, 5.41) is 4.31. The van der Waals surface area contributed by atoms with E-state index in [4.69, 9.17) is 11.6 Å². The standard InChI is InChI=1S/C17H13ClN2OS/c1-11-19-15(12-6-3-2-4-7-12)16(22-11)17(21)20-14-9-5-8-13(18)10-14/h2-10H,1H3,(H,20,21). The van der Waals surface area contributed by atoms with E-state index in [2.05, 4.69) is 10.3 Å². The van der Waals surface area contributed by atoms with Crippen molar-refractivity contribution in [3.8, 4) is 11.3 Å². The third-order valence-corrected chi connectivity index (χ3v) is 4.27. The zero-order valence-electron chi connectivity index (χ0n) is 11.8. The van der Waals surface area contributed by atoms with Gasteiger partial charge in [0.05, 0.1) is 10.7 Å². The number of anilines is 1. The summed E-state index contributed by atoms with van der Waals surface area (Å²) >= 11 is 7.33. The summed E-state index contributed by atoms with van der Waals surface area (Å²) in [6.45, 7) is 1.90. The van der Waals surface area contributed by atoms with Gasteiger partial charge in [0.25, 0.3) is 5.91 Å². The van der Waals surface area contributed by atoms with Crippen molar-refractivity contribution in [2.75, 3.05) is 5.32 Å². The summed E-state index contributed by atoms with van der Waals surface area (Å²) in [5.74, 6) is -0.174. The Bertz CT molecular complexity index is 815. The fourth-order valence-electron chi connectivity index (χ4n) is 2.13. The highest BCUT2D eigenvalue weighted by atomic mass is 35.5. The number of hydrogen-bond donors (Lipinski definition) is 1. The Hall–Kier alpha value is -2.17. The molecule has 0 bridgehead atoms. The molecule has 0 fully saturated rings. The minimum atomic E-state index is -0.174. The number of halogens is 1. The molecule has 0 aliphatic carbocycles. The molecule has 0 aliphatic rings. The van der Waals surface area contributed by atoms with Gasteiger partial charge in [0.15, 0.2) is 0 Å². The average molecular weight is 329 g/mol. The Kier molecular flexibility index (Phi) is 4.22. The smallest absolute Gasteiger partial charge is 0.268 e. The predicted molar refractivity (Wildman–Crippen MR) is 91.7 cm³/mol. The maximum atomic E-state index is 12.5. The number of hydrogen-bond acceptors (Lipinski definition) is 3.